The fourth-order valence-electron chi connectivity index (χ4n) is 3.12. The van der Waals surface area contributed by atoms with Crippen molar-refractivity contribution in [3.8, 4) is 0 Å². The summed E-state index contributed by atoms with van der Waals surface area (Å²) in [5.41, 5.74) is 7.04. The maximum absolute atomic E-state index is 10.7. The highest BCUT2D eigenvalue weighted by atomic mass is 16.6. The van der Waals surface area contributed by atoms with E-state index in [1.807, 2.05) is 30.3 Å². The number of aromatic nitrogens is 1. The van der Waals surface area contributed by atoms with Crippen molar-refractivity contribution in [2.24, 2.45) is 5.10 Å². The van der Waals surface area contributed by atoms with Crippen LogP contribution in [0.15, 0.2) is 90.2 Å². The minimum atomic E-state index is -0.422. The number of anilines is 1. The van der Waals surface area contributed by atoms with E-state index in [1.165, 1.54) is 17.7 Å². The van der Waals surface area contributed by atoms with Gasteiger partial charge < -0.3 is 4.57 Å². The number of nitro groups is 1. The van der Waals surface area contributed by atoms with Gasteiger partial charge in [-0.1, -0.05) is 48.5 Å². The topological polar surface area (TPSA) is 72.5 Å². The normalized spacial score (nSPS) is 11.1. The molecule has 4 aromatic rings. The Labute approximate surface area is 161 Å². The third-order valence-corrected chi connectivity index (χ3v) is 4.49. The third kappa shape index (κ3) is 3.76. The number of hydrogen-bond donors (Lipinski definition) is 1. The number of rotatable bonds is 6. The van der Waals surface area contributed by atoms with Crippen LogP contribution in [0.25, 0.3) is 10.9 Å². The molecular weight excluding hydrogens is 352 g/mol. The van der Waals surface area contributed by atoms with Gasteiger partial charge in [-0.3, -0.25) is 15.5 Å². The second kappa shape index (κ2) is 7.75. The average Bonchev–Trinajstić information content (AvgIpc) is 3.07. The van der Waals surface area contributed by atoms with Crippen LogP contribution in [0.1, 0.15) is 11.1 Å². The minimum absolute atomic E-state index is 0.0542. The van der Waals surface area contributed by atoms with E-state index in [0.29, 0.717) is 5.69 Å². The summed E-state index contributed by atoms with van der Waals surface area (Å²) in [6, 6.07) is 24.7. The molecule has 0 aliphatic heterocycles. The number of hydrazone groups is 1. The van der Waals surface area contributed by atoms with Crippen LogP contribution in [0, 0.1) is 10.1 Å². The van der Waals surface area contributed by atoms with Gasteiger partial charge in [0.25, 0.3) is 5.69 Å². The van der Waals surface area contributed by atoms with Crippen LogP contribution in [-0.4, -0.2) is 15.7 Å². The van der Waals surface area contributed by atoms with E-state index in [4.69, 9.17) is 0 Å². The highest BCUT2D eigenvalue weighted by molar-refractivity contribution is 5.99. The zero-order chi connectivity index (χ0) is 19.3. The maximum atomic E-state index is 10.7. The Morgan fingerprint density at radius 1 is 0.964 bits per heavy atom. The van der Waals surface area contributed by atoms with Gasteiger partial charge >= 0.3 is 0 Å². The first kappa shape index (κ1) is 17.5. The molecule has 0 saturated carbocycles. The highest BCUT2D eigenvalue weighted by Gasteiger charge is 2.07. The molecule has 0 bridgehead atoms. The van der Waals surface area contributed by atoms with Gasteiger partial charge in [-0.2, -0.15) is 5.10 Å². The fraction of sp³-hybridized carbons (Fsp3) is 0.0455. The van der Waals surface area contributed by atoms with E-state index in [0.717, 1.165) is 23.0 Å². The summed E-state index contributed by atoms with van der Waals surface area (Å²) in [7, 11) is 0. The summed E-state index contributed by atoms with van der Waals surface area (Å²) >= 11 is 0. The first-order valence-corrected chi connectivity index (χ1v) is 8.86. The van der Waals surface area contributed by atoms with E-state index < -0.39 is 4.92 Å². The van der Waals surface area contributed by atoms with Gasteiger partial charge in [-0.25, -0.2) is 0 Å². The summed E-state index contributed by atoms with van der Waals surface area (Å²) < 4.78 is 2.21. The number of benzene rings is 3. The molecule has 1 aromatic heterocycles. The summed E-state index contributed by atoms with van der Waals surface area (Å²) in [6.07, 6.45) is 3.85. The van der Waals surface area contributed by atoms with Gasteiger partial charge in [0.05, 0.1) is 16.8 Å². The lowest BCUT2D eigenvalue weighted by Gasteiger charge is -2.05. The Balaban J connectivity index is 1.56. The molecule has 0 radical (unpaired) electrons. The summed E-state index contributed by atoms with van der Waals surface area (Å²) in [5, 5.41) is 16.1. The largest absolute Gasteiger partial charge is 0.342 e. The van der Waals surface area contributed by atoms with Crippen LogP contribution in [0.3, 0.4) is 0 Å². The van der Waals surface area contributed by atoms with Gasteiger partial charge in [0.15, 0.2) is 0 Å². The molecule has 28 heavy (non-hydrogen) atoms. The molecular formula is C22H18N4O2. The molecule has 0 atom stereocenters. The van der Waals surface area contributed by atoms with Crippen molar-refractivity contribution in [1.29, 1.82) is 0 Å². The number of non-ortho nitro benzene ring substituents is 1. The number of para-hydroxylation sites is 1. The van der Waals surface area contributed by atoms with Crippen molar-refractivity contribution >= 4 is 28.5 Å². The predicted octanol–water partition coefficient (Wildman–Crippen LogP) is 5.04. The van der Waals surface area contributed by atoms with Crippen LogP contribution in [0.5, 0.6) is 0 Å². The maximum Gasteiger partial charge on any atom is 0.269 e. The molecule has 0 spiro atoms. The van der Waals surface area contributed by atoms with E-state index in [-0.39, 0.29) is 5.69 Å². The van der Waals surface area contributed by atoms with Crippen molar-refractivity contribution in [1.82, 2.24) is 4.57 Å². The Morgan fingerprint density at radius 2 is 1.68 bits per heavy atom. The van der Waals surface area contributed by atoms with Crippen LogP contribution in [-0.2, 0) is 6.54 Å². The van der Waals surface area contributed by atoms with Gasteiger partial charge in [0, 0.05) is 41.3 Å². The zero-order valence-electron chi connectivity index (χ0n) is 15.0. The van der Waals surface area contributed by atoms with Crippen LogP contribution >= 0.6 is 0 Å². The molecule has 3 aromatic carbocycles. The first-order valence-electron chi connectivity index (χ1n) is 8.86. The number of fused-ring (bicyclic) bond motifs is 1. The number of nitrogens with zero attached hydrogens (tertiary/aromatic N) is 3. The summed E-state index contributed by atoms with van der Waals surface area (Å²) in [5.74, 6) is 0. The van der Waals surface area contributed by atoms with Gasteiger partial charge in [-0.05, 0) is 23.8 Å². The van der Waals surface area contributed by atoms with E-state index in [1.54, 1.807) is 18.3 Å². The molecule has 1 N–H and O–H groups in total. The van der Waals surface area contributed by atoms with Crippen molar-refractivity contribution in [3.05, 3.63) is 106 Å². The van der Waals surface area contributed by atoms with E-state index in [2.05, 4.69) is 45.6 Å². The lowest BCUT2D eigenvalue weighted by atomic mass is 10.2. The van der Waals surface area contributed by atoms with Crippen LogP contribution in [0.4, 0.5) is 11.4 Å². The van der Waals surface area contributed by atoms with Gasteiger partial charge in [0.1, 0.15) is 0 Å². The minimum Gasteiger partial charge on any atom is -0.342 e. The molecule has 1 heterocycles. The molecule has 4 rings (SSSR count). The highest BCUT2D eigenvalue weighted by Crippen LogP contribution is 2.21. The quantitative estimate of drug-likeness (QED) is 0.293. The van der Waals surface area contributed by atoms with Crippen molar-refractivity contribution in [2.45, 2.75) is 6.54 Å². The summed E-state index contributed by atoms with van der Waals surface area (Å²) in [4.78, 5) is 10.3. The van der Waals surface area contributed by atoms with E-state index >= 15 is 0 Å². The van der Waals surface area contributed by atoms with Crippen LogP contribution < -0.4 is 5.43 Å². The monoisotopic (exact) mass is 370 g/mol. The molecule has 0 unspecified atom stereocenters. The van der Waals surface area contributed by atoms with Crippen molar-refractivity contribution in [2.75, 3.05) is 5.43 Å². The number of nitrogens with one attached hydrogen (secondary N) is 1. The molecule has 6 nitrogen and oxygen atoms in total. The lowest BCUT2D eigenvalue weighted by Crippen LogP contribution is -1.97. The number of hydrogen-bond acceptors (Lipinski definition) is 4. The Kier molecular flexibility index (Phi) is 4.84. The predicted molar refractivity (Wildman–Crippen MR) is 112 cm³/mol. The molecule has 6 heteroatoms. The van der Waals surface area contributed by atoms with Gasteiger partial charge in [0.2, 0.25) is 0 Å². The molecule has 0 saturated heterocycles. The molecule has 0 aliphatic rings. The molecule has 0 aliphatic carbocycles. The Morgan fingerprint density at radius 3 is 2.43 bits per heavy atom. The second-order valence-electron chi connectivity index (χ2n) is 6.39. The second-order valence-corrected chi connectivity index (χ2v) is 6.39. The smallest absolute Gasteiger partial charge is 0.269 e. The van der Waals surface area contributed by atoms with Gasteiger partial charge in [-0.15, -0.1) is 0 Å². The molecule has 138 valence electrons. The van der Waals surface area contributed by atoms with Crippen molar-refractivity contribution < 1.29 is 4.92 Å². The zero-order valence-corrected chi connectivity index (χ0v) is 15.0. The Bertz CT molecular complexity index is 1130. The first-order chi connectivity index (χ1) is 13.7. The van der Waals surface area contributed by atoms with Crippen LogP contribution in [0.2, 0.25) is 0 Å². The molecule has 0 fully saturated rings. The van der Waals surface area contributed by atoms with Crippen molar-refractivity contribution in [3.63, 3.8) is 0 Å². The van der Waals surface area contributed by atoms with E-state index in [9.17, 15) is 10.1 Å². The third-order valence-electron chi connectivity index (χ3n) is 4.49. The lowest BCUT2D eigenvalue weighted by molar-refractivity contribution is -0.384. The molecule has 0 amide bonds. The standard InChI is InChI=1S/C22H18N4O2/c27-26(28)20-12-10-19(11-13-20)24-23-14-18-16-25(15-17-6-2-1-3-7-17)22-9-5-4-8-21(18)22/h1-14,16,24H,15H2/b23-14+. The average molecular weight is 370 g/mol. The number of nitro benzene ring substituents is 1. The summed E-state index contributed by atoms with van der Waals surface area (Å²) in [6.45, 7) is 0.783. The SMILES string of the molecule is O=[N+]([O-])c1ccc(N/N=C/c2cn(Cc3ccccc3)c3ccccc23)cc1. The Hall–Kier alpha value is -3.93. The fourth-order valence-corrected chi connectivity index (χ4v) is 3.12.